The maximum atomic E-state index is 9.55. The molecule has 0 fully saturated rings. The summed E-state index contributed by atoms with van der Waals surface area (Å²) in [7, 11) is -2.90. The molecule has 0 unspecified atom stereocenters. The molecule has 1 rings (SSSR count). The Kier molecular flexibility index (Phi) is 6.28. The Labute approximate surface area is 119 Å². The highest BCUT2D eigenvalue weighted by Crippen LogP contribution is 2.36. The fourth-order valence-corrected chi connectivity index (χ4v) is 4.53. The summed E-state index contributed by atoms with van der Waals surface area (Å²) in [5, 5.41) is 28.5. The van der Waals surface area contributed by atoms with E-state index in [0.717, 1.165) is 0 Å². The molecule has 0 saturated carbocycles. The molecule has 0 spiro atoms. The van der Waals surface area contributed by atoms with Gasteiger partial charge < -0.3 is 28.6 Å². The van der Waals surface area contributed by atoms with Gasteiger partial charge in [-0.25, -0.2) is 0 Å². The topological polar surface area (TPSA) is 88.4 Å². The van der Waals surface area contributed by atoms with Crippen molar-refractivity contribution >= 4 is 8.80 Å². The molecule has 0 bridgehead atoms. The fourth-order valence-electron chi connectivity index (χ4n) is 1.95. The molecule has 0 aliphatic rings. The Morgan fingerprint density at radius 3 is 1.60 bits per heavy atom. The van der Waals surface area contributed by atoms with E-state index < -0.39 is 14.6 Å². The van der Waals surface area contributed by atoms with Crippen LogP contribution in [0.3, 0.4) is 0 Å². The van der Waals surface area contributed by atoms with Crippen molar-refractivity contribution in [1.82, 2.24) is 0 Å². The third-order valence-corrected chi connectivity index (χ3v) is 5.67. The summed E-state index contributed by atoms with van der Waals surface area (Å²) >= 11 is 0. The van der Waals surface area contributed by atoms with Crippen LogP contribution >= 0.6 is 0 Å². The average Bonchev–Trinajstić information content (AvgIpc) is 2.36. The normalized spacial score (nSPS) is 11.8. The van der Waals surface area contributed by atoms with Crippen LogP contribution in [0.5, 0.6) is 17.2 Å². The minimum absolute atomic E-state index is 0.309. The summed E-state index contributed by atoms with van der Waals surface area (Å²) < 4.78 is 17.1. The second-order valence-corrected chi connectivity index (χ2v) is 6.73. The second kappa shape index (κ2) is 7.49. The van der Waals surface area contributed by atoms with E-state index in [0.29, 0.717) is 31.4 Å². The summed E-state index contributed by atoms with van der Waals surface area (Å²) in [5.41, 5.74) is 0.583. The van der Waals surface area contributed by atoms with Gasteiger partial charge in [-0.15, -0.1) is 0 Å². The Morgan fingerprint density at radius 2 is 1.25 bits per heavy atom. The molecule has 1 aromatic carbocycles. The molecule has 0 aliphatic heterocycles. The predicted octanol–water partition coefficient (Wildman–Crippen LogP) is 1.93. The van der Waals surface area contributed by atoms with E-state index in [1.54, 1.807) is 0 Å². The highest BCUT2D eigenvalue weighted by molar-refractivity contribution is 6.60. The molecule has 0 saturated heterocycles. The summed E-state index contributed by atoms with van der Waals surface area (Å²) in [6, 6.07) is 3.05. The van der Waals surface area contributed by atoms with Crippen molar-refractivity contribution in [2.75, 3.05) is 19.8 Å². The Balaban J connectivity index is 3.04. The lowest BCUT2D eigenvalue weighted by molar-refractivity contribution is 0.0704. The number of hydrogen-bond acceptors (Lipinski definition) is 6. The van der Waals surface area contributed by atoms with E-state index in [4.69, 9.17) is 13.3 Å². The minimum atomic E-state index is -2.90. The second-order valence-electron chi connectivity index (χ2n) is 4.14. The Bertz CT molecular complexity index is 397. The summed E-state index contributed by atoms with van der Waals surface area (Å²) in [6.45, 7) is 6.90. The molecule has 0 aliphatic carbocycles. The largest absolute Gasteiger partial charge is 0.505 e. The molecule has 114 valence electrons. The zero-order valence-corrected chi connectivity index (χ0v) is 13.0. The standard InChI is InChI=1S/C13H22O6Si/c1-4-17-20(18-5-2,19-6-3)9-10-7-11(14)13(16)12(15)8-10/h7-8,14-16H,4-6,9H2,1-3H3. The Morgan fingerprint density at radius 1 is 0.850 bits per heavy atom. The van der Waals surface area contributed by atoms with Crippen LogP contribution in [0, 0.1) is 0 Å². The SMILES string of the molecule is CCO[Si](Cc1cc(O)c(O)c(O)c1)(OCC)OCC. The molecule has 6 nitrogen and oxygen atoms in total. The predicted molar refractivity (Wildman–Crippen MR) is 75.8 cm³/mol. The van der Waals surface area contributed by atoms with E-state index in [9.17, 15) is 15.3 Å². The van der Waals surface area contributed by atoms with Crippen LogP contribution in [-0.2, 0) is 19.3 Å². The van der Waals surface area contributed by atoms with Crippen molar-refractivity contribution in [3.63, 3.8) is 0 Å². The molecule has 0 heterocycles. The third-order valence-electron chi connectivity index (χ3n) is 2.64. The van der Waals surface area contributed by atoms with Gasteiger partial charge in [-0.05, 0) is 38.5 Å². The molecule has 0 radical (unpaired) electrons. The van der Waals surface area contributed by atoms with E-state index in [2.05, 4.69) is 0 Å². The van der Waals surface area contributed by atoms with Crippen LogP contribution in [0.4, 0.5) is 0 Å². The number of rotatable bonds is 8. The van der Waals surface area contributed by atoms with Gasteiger partial charge >= 0.3 is 8.80 Å². The molecular formula is C13H22O6Si. The monoisotopic (exact) mass is 302 g/mol. The lowest BCUT2D eigenvalue weighted by Crippen LogP contribution is -2.48. The summed E-state index contributed by atoms with van der Waals surface area (Å²) in [4.78, 5) is 0. The van der Waals surface area contributed by atoms with Gasteiger partial charge in [-0.3, -0.25) is 0 Å². The highest BCUT2D eigenvalue weighted by atomic mass is 28.4. The number of aromatic hydroxyl groups is 3. The molecule has 3 N–H and O–H groups in total. The van der Waals surface area contributed by atoms with Gasteiger partial charge in [0.2, 0.25) is 0 Å². The van der Waals surface area contributed by atoms with Crippen molar-refractivity contribution in [2.45, 2.75) is 26.8 Å². The van der Waals surface area contributed by atoms with Crippen molar-refractivity contribution in [1.29, 1.82) is 0 Å². The highest BCUT2D eigenvalue weighted by Gasteiger charge is 2.41. The zero-order chi connectivity index (χ0) is 15.2. The first-order valence-corrected chi connectivity index (χ1v) is 8.56. The maximum Gasteiger partial charge on any atom is 0.505 e. The third kappa shape index (κ3) is 4.10. The van der Waals surface area contributed by atoms with Crippen LogP contribution in [0.1, 0.15) is 26.3 Å². The first-order valence-electron chi connectivity index (χ1n) is 6.63. The van der Waals surface area contributed by atoms with Crippen molar-refractivity contribution in [3.8, 4) is 17.2 Å². The van der Waals surface area contributed by atoms with Crippen LogP contribution < -0.4 is 0 Å². The molecule has 20 heavy (non-hydrogen) atoms. The van der Waals surface area contributed by atoms with Gasteiger partial charge in [0.15, 0.2) is 17.2 Å². The van der Waals surface area contributed by atoms with E-state index in [1.807, 2.05) is 20.8 Å². The molecule has 0 aromatic heterocycles. The van der Waals surface area contributed by atoms with Crippen molar-refractivity contribution in [2.24, 2.45) is 0 Å². The molecule has 0 atom stereocenters. The van der Waals surface area contributed by atoms with Gasteiger partial charge in [0.05, 0.1) is 0 Å². The van der Waals surface area contributed by atoms with Gasteiger partial charge in [-0.1, -0.05) is 0 Å². The fraction of sp³-hybridized carbons (Fsp3) is 0.538. The van der Waals surface area contributed by atoms with Crippen LogP contribution in [0.2, 0.25) is 0 Å². The number of benzene rings is 1. The van der Waals surface area contributed by atoms with Crippen molar-refractivity contribution in [3.05, 3.63) is 17.7 Å². The maximum absolute atomic E-state index is 9.55. The molecular weight excluding hydrogens is 280 g/mol. The number of hydrogen-bond donors (Lipinski definition) is 3. The van der Waals surface area contributed by atoms with Gasteiger partial charge in [-0.2, -0.15) is 0 Å². The Hall–Kier alpha value is -1.28. The average molecular weight is 302 g/mol. The summed E-state index contributed by atoms with van der Waals surface area (Å²) in [5.74, 6) is -1.30. The van der Waals surface area contributed by atoms with Gasteiger partial charge in [0, 0.05) is 25.9 Å². The van der Waals surface area contributed by atoms with Crippen LogP contribution in [-0.4, -0.2) is 43.9 Å². The lowest BCUT2D eigenvalue weighted by Gasteiger charge is -2.28. The van der Waals surface area contributed by atoms with E-state index in [-0.39, 0.29) is 11.5 Å². The summed E-state index contributed by atoms with van der Waals surface area (Å²) in [6.07, 6.45) is 0. The molecule has 7 heteroatoms. The van der Waals surface area contributed by atoms with E-state index >= 15 is 0 Å². The van der Waals surface area contributed by atoms with Crippen LogP contribution in [0.25, 0.3) is 0 Å². The quantitative estimate of drug-likeness (QED) is 0.502. The van der Waals surface area contributed by atoms with Crippen LogP contribution in [0.15, 0.2) is 12.1 Å². The number of phenolic OH excluding ortho intramolecular Hbond substituents is 3. The van der Waals surface area contributed by atoms with Gasteiger partial charge in [0.25, 0.3) is 0 Å². The van der Waals surface area contributed by atoms with Gasteiger partial charge in [0.1, 0.15) is 0 Å². The van der Waals surface area contributed by atoms with E-state index in [1.165, 1.54) is 12.1 Å². The first-order chi connectivity index (χ1) is 9.48. The minimum Gasteiger partial charge on any atom is -0.504 e. The van der Waals surface area contributed by atoms with Crippen molar-refractivity contribution < 1.29 is 28.6 Å². The molecule has 1 aromatic rings. The lowest BCUT2D eigenvalue weighted by atomic mass is 10.2. The number of phenols is 3. The zero-order valence-electron chi connectivity index (χ0n) is 12.0. The first kappa shape index (κ1) is 16.8. The smallest absolute Gasteiger partial charge is 0.504 e. The molecule has 0 amide bonds.